The Labute approximate surface area is 131 Å². The van der Waals surface area contributed by atoms with E-state index in [-0.39, 0.29) is 5.84 Å². The fourth-order valence-electron chi connectivity index (χ4n) is 1.63. The number of oxime groups is 1. The van der Waals surface area contributed by atoms with Crippen LogP contribution >= 0.6 is 15.9 Å². The van der Waals surface area contributed by atoms with Crippen LogP contribution in [0.1, 0.15) is 5.56 Å². The van der Waals surface area contributed by atoms with Crippen molar-refractivity contribution in [2.24, 2.45) is 10.9 Å². The van der Waals surface area contributed by atoms with Crippen molar-refractivity contribution in [2.75, 3.05) is 13.2 Å². The summed E-state index contributed by atoms with van der Waals surface area (Å²) < 4.78 is 12.1. The van der Waals surface area contributed by atoms with Crippen molar-refractivity contribution in [2.45, 2.75) is 0 Å². The van der Waals surface area contributed by atoms with Gasteiger partial charge < -0.3 is 20.4 Å². The third-order valence-electron chi connectivity index (χ3n) is 2.69. The van der Waals surface area contributed by atoms with Crippen molar-refractivity contribution >= 4 is 21.8 Å². The zero-order chi connectivity index (χ0) is 15.1. The lowest BCUT2D eigenvalue weighted by atomic mass is 10.2. The molecule has 6 heteroatoms. The SMILES string of the molecule is NC(=NO)c1ccc(OCCOc2ccc(Br)cc2)cc1. The number of nitrogens with two attached hydrogens (primary N) is 1. The molecular weight excluding hydrogens is 336 g/mol. The van der Waals surface area contributed by atoms with Crippen LogP contribution in [0.15, 0.2) is 58.2 Å². The molecule has 2 rings (SSSR count). The van der Waals surface area contributed by atoms with E-state index >= 15 is 0 Å². The van der Waals surface area contributed by atoms with Crippen molar-refractivity contribution in [1.29, 1.82) is 0 Å². The summed E-state index contributed by atoms with van der Waals surface area (Å²) in [6.45, 7) is 0.878. The predicted molar refractivity (Wildman–Crippen MR) is 84.1 cm³/mol. The Bertz CT molecular complexity index is 597. The Hall–Kier alpha value is -2.21. The van der Waals surface area contributed by atoms with Gasteiger partial charge in [-0.15, -0.1) is 0 Å². The molecule has 5 nitrogen and oxygen atoms in total. The van der Waals surface area contributed by atoms with Gasteiger partial charge in [-0.25, -0.2) is 0 Å². The second-order valence-electron chi connectivity index (χ2n) is 4.16. The first kappa shape index (κ1) is 15.2. The van der Waals surface area contributed by atoms with Gasteiger partial charge in [0.25, 0.3) is 0 Å². The van der Waals surface area contributed by atoms with E-state index in [9.17, 15) is 0 Å². The Morgan fingerprint density at radius 3 is 1.90 bits per heavy atom. The molecular formula is C15H15BrN2O3. The average molecular weight is 351 g/mol. The summed E-state index contributed by atoms with van der Waals surface area (Å²) in [7, 11) is 0. The average Bonchev–Trinajstić information content (AvgIpc) is 2.53. The Kier molecular flexibility index (Phi) is 5.45. The van der Waals surface area contributed by atoms with E-state index in [1.54, 1.807) is 24.3 Å². The molecule has 0 saturated carbocycles. The molecule has 0 fully saturated rings. The van der Waals surface area contributed by atoms with Crippen molar-refractivity contribution in [1.82, 2.24) is 0 Å². The maximum atomic E-state index is 8.57. The first-order chi connectivity index (χ1) is 10.2. The van der Waals surface area contributed by atoms with Crippen molar-refractivity contribution in [3.05, 3.63) is 58.6 Å². The number of halogens is 1. The monoisotopic (exact) mass is 350 g/mol. The van der Waals surface area contributed by atoms with Gasteiger partial charge >= 0.3 is 0 Å². The molecule has 2 aromatic carbocycles. The Morgan fingerprint density at radius 1 is 0.952 bits per heavy atom. The molecule has 0 amide bonds. The quantitative estimate of drug-likeness (QED) is 0.276. The predicted octanol–water partition coefficient (Wildman–Crippen LogP) is 3.00. The van der Waals surface area contributed by atoms with Crippen LogP contribution in [0.4, 0.5) is 0 Å². The van der Waals surface area contributed by atoms with Gasteiger partial charge in [0.1, 0.15) is 24.7 Å². The number of ether oxygens (including phenoxy) is 2. The minimum atomic E-state index is 0.0696. The van der Waals surface area contributed by atoms with Crippen LogP contribution in [0.3, 0.4) is 0 Å². The fraction of sp³-hybridized carbons (Fsp3) is 0.133. The van der Waals surface area contributed by atoms with E-state index in [0.29, 0.717) is 24.5 Å². The maximum Gasteiger partial charge on any atom is 0.170 e. The number of rotatable bonds is 6. The highest BCUT2D eigenvalue weighted by atomic mass is 79.9. The summed E-state index contributed by atoms with van der Waals surface area (Å²) in [4.78, 5) is 0. The van der Waals surface area contributed by atoms with Crippen LogP contribution in [0.5, 0.6) is 11.5 Å². The van der Waals surface area contributed by atoms with E-state index in [1.807, 2.05) is 24.3 Å². The third-order valence-corrected chi connectivity index (χ3v) is 3.22. The van der Waals surface area contributed by atoms with Gasteiger partial charge in [-0.1, -0.05) is 21.1 Å². The van der Waals surface area contributed by atoms with Crippen LogP contribution in [0, 0.1) is 0 Å². The topological polar surface area (TPSA) is 77.1 Å². The van der Waals surface area contributed by atoms with Crippen molar-refractivity contribution in [3.8, 4) is 11.5 Å². The Morgan fingerprint density at radius 2 is 1.43 bits per heavy atom. The van der Waals surface area contributed by atoms with Gasteiger partial charge in [-0.2, -0.15) is 0 Å². The molecule has 0 unspecified atom stereocenters. The summed E-state index contributed by atoms with van der Waals surface area (Å²) in [6.07, 6.45) is 0. The number of hydrogen-bond acceptors (Lipinski definition) is 4. The highest BCUT2D eigenvalue weighted by molar-refractivity contribution is 9.10. The van der Waals surface area contributed by atoms with Crippen LogP contribution in [-0.4, -0.2) is 24.3 Å². The highest BCUT2D eigenvalue weighted by Crippen LogP contribution is 2.16. The summed E-state index contributed by atoms with van der Waals surface area (Å²) >= 11 is 3.37. The highest BCUT2D eigenvalue weighted by Gasteiger charge is 2.00. The molecule has 0 aromatic heterocycles. The van der Waals surface area contributed by atoms with E-state index in [4.69, 9.17) is 20.4 Å². The number of hydrogen-bond donors (Lipinski definition) is 2. The smallest absolute Gasteiger partial charge is 0.170 e. The van der Waals surface area contributed by atoms with Crippen molar-refractivity contribution < 1.29 is 14.7 Å². The largest absolute Gasteiger partial charge is 0.490 e. The van der Waals surface area contributed by atoms with E-state index in [0.717, 1.165) is 10.2 Å². The zero-order valence-electron chi connectivity index (χ0n) is 11.2. The second-order valence-corrected chi connectivity index (χ2v) is 5.08. The Balaban J connectivity index is 1.77. The van der Waals surface area contributed by atoms with Gasteiger partial charge in [-0.3, -0.25) is 0 Å². The zero-order valence-corrected chi connectivity index (χ0v) is 12.8. The lowest BCUT2D eigenvalue weighted by molar-refractivity contribution is 0.217. The van der Waals surface area contributed by atoms with Crippen LogP contribution in [-0.2, 0) is 0 Å². The summed E-state index contributed by atoms with van der Waals surface area (Å²) in [5.41, 5.74) is 6.11. The molecule has 0 spiro atoms. The summed E-state index contributed by atoms with van der Waals surface area (Å²) in [5, 5.41) is 11.5. The summed E-state index contributed by atoms with van der Waals surface area (Å²) in [6, 6.07) is 14.6. The minimum Gasteiger partial charge on any atom is -0.490 e. The van der Waals surface area contributed by atoms with Crippen molar-refractivity contribution in [3.63, 3.8) is 0 Å². The van der Waals surface area contributed by atoms with Gasteiger partial charge in [0.15, 0.2) is 5.84 Å². The van der Waals surface area contributed by atoms with Crippen LogP contribution in [0.25, 0.3) is 0 Å². The number of nitrogens with zero attached hydrogens (tertiary/aromatic N) is 1. The molecule has 0 aliphatic carbocycles. The van der Waals surface area contributed by atoms with Gasteiger partial charge in [0, 0.05) is 10.0 Å². The molecule has 0 bridgehead atoms. The minimum absolute atomic E-state index is 0.0696. The summed E-state index contributed by atoms with van der Waals surface area (Å²) in [5.74, 6) is 1.56. The first-order valence-electron chi connectivity index (χ1n) is 6.28. The first-order valence-corrected chi connectivity index (χ1v) is 7.07. The molecule has 0 saturated heterocycles. The maximum absolute atomic E-state index is 8.57. The molecule has 0 heterocycles. The van der Waals surface area contributed by atoms with Gasteiger partial charge in [0.05, 0.1) is 0 Å². The lowest BCUT2D eigenvalue weighted by Gasteiger charge is -2.09. The molecule has 0 aliphatic rings. The molecule has 3 N–H and O–H groups in total. The van der Waals surface area contributed by atoms with E-state index < -0.39 is 0 Å². The van der Waals surface area contributed by atoms with E-state index in [2.05, 4.69) is 21.1 Å². The number of amidine groups is 1. The van der Waals surface area contributed by atoms with Gasteiger partial charge in [-0.05, 0) is 48.5 Å². The normalized spacial score (nSPS) is 11.2. The molecule has 110 valence electrons. The molecule has 21 heavy (non-hydrogen) atoms. The third kappa shape index (κ3) is 4.68. The molecule has 0 atom stereocenters. The second kappa shape index (κ2) is 7.54. The lowest BCUT2D eigenvalue weighted by Crippen LogP contribution is -2.13. The molecule has 0 aliphatic heterocycles. The van der Waals surface area contributed by atoms with Gasteiger partial charge in [0.2, 0.25) is 0 Å². The van der Waals surface area contributed by atoms with Crippen LogP contribution in [0.2, 0.25) is 0 Å². The standard InChI is InChI=1S/C15H15BrN2O3/c16-12-3-7-14(8-4-12)21-10-9-20-13-5-1-11(2-6-13)15(17)18-19/h1-8,19H,9-10H2,(H2,17,18). The fourth-order valence-corrected chi connectivity index (χ4v) is 1.89. The number of benzene rings is 2. The molecule has 0 radical (unpaired) electrons. The van der Waals surface area contributed by atoms with E-state index in [1.165, 1.54) is 0 Å². The van der Waals surface area contributed by atoms with Crippen LogP contribution < -0.4 is 15.2 Å². The molecule has 2 aromatic rings.